The van der Waals surface area contributed by atoms with E-state index in [9.17, 15) is 19.5 Å². The maximum absolute atomic E-state index is 13.5. The van der Waals surface area contributed by atoms with Crippen molar-refractivity contribution in [1.82, 2.24) is 19.9 Å². The summed E-state index contributed by atoms with van der Waals surface area (Å²) in [6.45, 7) is 9.34. The predicted octanol–water partition coefficient (Wildman–Crippen LogP) is 2.91. The average Bonchev–Trinajstić information content (AvgIpc) is 3.25. The lowest BCUT2D eigenvalue weighted by molar-refractivity contribution is -0.172. The molecular formula is C29H30N4O6. The van der Waals surface area contributed by atoms with Crippen LogP contribution in [0.2, 0.25) is 0 Å². The molecule has 0 radical (unpaired) electrons. The highest BCUT2D eigenvalue weighted by atomic mass is 16.6. The molecule has 10 nitrogen and oxygen atoms in total. The Hall–Kier alpha value is -4.23. The normalized spacial score (nSPS) is 17.4. The van der Waals surface area contributed by atoms with Gasteiger partial charge in [-0.15, -0.1) is 0 Å². The van der Waals surface area contributed by atoms with Crippen molar-refractivity contribution in [3.8, 4) is 23.2 Å². The van der Waals surface area contributed by atoms with Crippen molar-refractivity contribution < 1.29 is 24.2 Å². The summed E-state index contributed by atoms with van der Waals surface area (Å²) in [4.78, 5) is 47.0. The number of nitrogens with one attached hydrogen (secondary N) is 1. The first-order chi connectivity index (χ1) is 18.5. The molecular weight excluding hydrogens is 500 g/mol. The first-order valence-corrected chi connectivity index (χ1v) is 12.9. The van der Waals surface area contributed by atoms with Crippen LogP contribution in [0.5, 0.6) is 0 Å². The fraction of sp³-hybridized carbons (Fsp3) is 0.414. The number of rotatable bonds is 3. The Kier molecular flexibility index (Phi) is 6.43. The molecule has 0 spiro atoms. The summed E-state index contributed by atoms with van der Waals surface area (Å²) < 4.78 is 12.0. The summed E-state index contributed by atoms with van der Waals surface area (Å²) in [5.74, 6) is 5.11. The van der Waals surface area contributed by atoms with Gasteiger partial charge in [0.2, 0.25) is 0 Å². The summed E-state index contributed by atoms with van der Waals surface area (Å²) in [5, 5.41) is 14.6. The van der Waals surface area contributed by atoms with Crippen LogP contribution in [-0.2, 0) is 39.4 Å². The molecule has 0 bridgehead atoms. The number of alkyl carbamates (subject to hydrolysis) is 1. The molecule has 0 saturated carbocycles. The van der Waals surface area contributed by atoms with Gasteiger partial charge in [0.05, 0.1) is 41.8 Å². The number of pyridine rings is 3. The molecule has 1 amide bonds. The Labute approximate surface area is 225 Å². The maximum atomic E-state index is 13.5. The van der Waals surface area contributed by atoms with Crippen molar-refractivity contribution in [3.63, 3.8) is 0 Å². The van der Waals surface area contributed by atoms with E-state index in [0.717, 1.165) is 16.5 Å². The minimum absolute atomic E-state index is 0.0843. The number of aryl methyl sites for hydroxylation is 1. The Balaban J connectivity index is 1.52. The lowest BCUT2D eigenvalue weighted by atomic mass is 9.86. The monoisotopic (exact) mass is 530 g/mol. The number of ether oxygens (including phenoxy) is 2. The number of esters is 1. The van der Waals surface area contributed by atoms with E-state index in [1.54, 1.807) is 44.5 Å². The van der Waals surface area contributed by atoms with E-state index in [-0.39, 0.29) is 36.3 Å². The van der Waals surface area contributed by atoms with Gasteiger partial charge in [-0.2, -0.15) is 0 Å². The Morgan fingerprint density at radius 1 is 1.26 bits per heavy atom. The molecule has 3 aromatic rings. The van der Waals surface area contributed by atoms with Gasteiger partial charge in [-0.1, -0.05) is 19.8 Å². The molecule has 2 aliphatic rings. The Morgan fingerprint density at radius 3 is 2.72 bits per heavy atom. The molecule has 5 heterocycles. The van der Waals surface area contributed by atoms with E-state index >= 15 is 0 Å². The van der Waals surface area contributed by atoms with Gasteiger partial charge in [0.25, 0.3) is 5.56 Å². The third-order valence-corrected chi connectivity index (χ3v) is 6.98. The molecule has 5 rings (SSSR count). The summed E-state index contributed by atoms with van der Waals surface area (Å²) >= 11 is 0. The maximum Gasteiger partial charge on any atom is 0.408 e. The molecule has 39 heavy (non-hydrogen) atoms. The van der Waals surface area contributed by atoms with Gasteiger partial charge in [0.1, 0.15) is 17.9 Å². The molecule has 0 saturated heterocycles. The number of hydrogen-bond donors (Lipinski definition) is 2. The van der Waals surface area contributed by atoms with Gasteiger partial charge in [-0.05, 0) is 57.2 Å². The molecule has 0 unspecified atom stereocenters. The Morgan fingerprint density at radius 2 is 2.03 bits per heavy atom. The highest BCUT2D eigenvalue weighted by Crippen LogP contribution is 2.40. The van der Waals surface area contributed by atoms with Crippen LogP contribution in [0.3, 0.4) is 0 Å². The molecule has 202 valence electrons. The second-order valence-electron chi connectivity index (χ2n) is 10.6. The van der Waals surface area contributed by atoms with Gasteiger partial charge < -0.3 is 24.5 Å². The van der Waals surface area contributed by atoms with Crippen LogP contribution < -0.4 is 10.9 Å². The largest absolute Gasteiger partial charge is 0.458 e. The number of aromatic nitrogens is 3. The fourth-order valence-electron chi connectivity index (χ4n) is 5.10. The molecule has 0 aromatic carbocycles. The zero-order valence-corrected chi connectivity index (χ0v) is 22.6. The van der Waals surface area contributed by atoms with Crippen LogP contribution in [0, 0.1) is 11.8 Å². The van der Waals surface area contributed by atoms with Crippen LogP contribution in [0.25, 0.3) is 22.3 Å². The van der Waals surface area contributed by atoms with E-state index < -0.39 is 23.3 Å². The van der Waals surface area contributed by atoms with Crippen LogP contribution in [0.15, 0.2) is 23.1 Å². The van der Waals surface area contributed by atoms with Gasteiger partial charge in [-0.3, -0.25) is 4.79 Å². The second-order valence-corrected chi connectivity index (χ2v) is 10.6. The fourth-order valence-corrected chi connectivity index (χ4v) is 5.10. The quantitative estimate of drug-likeness (QED) is 0.305. The van der Waals surface area contributed by atoms with Crippen molar-refractivity contribution in [2.45, 2.75) is 71.8 Å². The van der Waals surface area contributed by atoms with E-state index in [1.807, 2.05) is 13.0 Å². The van der Waals surface area contributed by atoms with Crippen molar-refractivity contribution in [3.05, 3.63) is 56.6 Å². The Bertz CT molecular complexity index is 1660. The SMILES string of the molecule is CCc1c2c(nc3cnc(C#CCNC(=O)OC(C)(C)C)cc13)-c1cc3c(c(=O)n1C2)COC(=O)[C@]3(O)CC. The van der Waals surface area contributed by atoms with E-state index in [1.165, 1.54) is 0 Å². The van der Waals surface area contributed by atoms with Crippen molar-refractivity contribution in [1.29, 1.82) is 0 Å². The predicted molar refractivity (Wildman–Crippen MR) is 143 cm³/mol. The number of aliphatic hydroxyl groups is 1. The van der Waals surface area contributed by atoms with E-state index in [4.69, 9.17) is 14.5 Å². The van der Waals surface area contributed by atoms with Gasteiger partial charge in [0.15, 0.2) is 5.60 Å². The number of carbonyl (C=O) groups is 2. The third kappa shape index (κ3) is 4.53. The third-order valence-electron chi connectivity index (χ3n) is 6.98. The highest BCUT2D eigenvalue weighted by molar-refractivity contribution is 5.89. The van der Waals surface area contributed by atoms with Crippen molar-refractivity contribution in [2.75, 3.05) is 6.54 Å². The molecule has 10 heteroatoms. The summed E-state index contributed by atoms with van der Waals surface area (Å²) in [7, 11) is 0. The first kappa shape index (κ1) is 26.4. The topological polar surface area (TPSA) is 133 Å². The van der Waals surface area contributed by atoms with Crippen LogP contribution >= 0.6 is 0 Å². The second kappa shape index (κ2) is 9.50. The summed E-state index contributed by atoms with van der Waals surface area (Å²) in [6, 6.07) is 3.57. The van der Waals surface area contributed by atoms with Crippen LogP contribution in [0.1, 0.15) is 69.0 Å². The smallest absolute Gasteiger partial charge is 0.408 e. The van der Waals surface area contributed by atoms with Crippen molar-refractivity contribution >= 4 is 23.0 Å². The van der Waals surface area contributed by atoms with Gasteiger partial charge in [0, 0.05) is 16.5 Å². The summed E-state index contributed by atoms with van der Waals surface area (Å²) in [6.07, 6.45) is 1.86. The molecule has 2 aliphatic heterocycles. The van der Waals surface area contributed by atoms with Gasteiger partial charge in [-0.25, -0.2) is 19.6 Å². The number of nitrogens with zero attached hydrogens (tertiary/aromatic N) is 3. The van der Waals surface area contributed by atoms with Crippen LogP contribution in [-0.4, -0.2) is 43.8 Å². The minimum atomic E-state index is -1.87. The standard InChI is InChI=1S/C29H30N4O6/c1-6-17-18-11-16(9-8-10-30-27(36)39-28(3,4)5)31-13-22(18)32-24-19(17)14-33-23(24)12-21-20(25(33)34)15-38-26(35)29(21,37)7-2/h11-13,37H,6-7,10,14-15H2,1-5H3,(H,30,36)/t29-/m0/s1. The molecule has 1 atom stereocenters. The van der Waals surface area contributed by atoms with Gasteiger partial charge >= 0.3 is 12.1 Å². The average molecular weight is 531 g/mol. The molecule has 2 N–H and O–H groups in total. The van der Waals surface area contributed by atoms with Crippen LogP contribution in [0.4, 0.5) is 4.79 Å². The number of cyclic esters (lactones) is 1. The summed E-state index contributed by atoms with van der Waals surface area (Å²) in [5.41, 5.74) is 2.11. The number of carbonyl (C=O) groups excluding carboxylic acids is 2. The highest BCUT2D eigenvalue weighted by Gasteiger charge is 2.45. The zero-order valence-electron chi connectivity index (χ0n) is 22.6. The lowest BCUT2D eigenvalue weighted by Crippen LogP contribution is -2.44. The zero-order chi connectivity index (χ0) is 28.1. The molecule has 3 aromatic heterocycles. The minimum Gasteiger partial charge on any atom is -0.458 e. The molecule has 0 fully saturated rings. The number of hydrogen-bond acceptors (Lipinski definition) is 8. The first-order valence-electron chi connectivity index (χ1n) is 12.9. The number of fused-ring (bicyclic) bond motifs is 5. The van der Waals surface area contributed by atoms with E-state index in [0.29, 0.717) is 35.6 Å². The van der Waals surface area contributed by atoms with E-state index in [2.05, 4.69) is 22.1 Å². The van der Waals surface area contributed by atoms with Crippen molar-refractivity contribution in [2.24, 2.45) is 0 Å². The lowest BCUT2D eigenvalue weighted by Gasteiger charge is -2.31. The molecule has 0 aliphatic carbocycles. The number of amides is 1.